The first-order chi connectivity index (χ1) is 12.8. The number of hydrogen-bond acceptors (Lipinski definition) is 3. The number of nitrogens with zero attached hydrogens (tertiary/aromatic N) is 1. The summed E-state index contributed by atoms with van der Waals surface area (Å²) in [6.07, 6.45) is 1.02. The van der Waals surface area contributed by atoms with Crippen molar-refractivity contribution in [3.63, 3.8) is 0 Å². The second-order valence-corrected chi connectivity index (χ2v) is 9.58. The summed E-state index contributed by atoms with van der Waals surface area (Å²) < 4.78 is 27.6. The molecule has 0 aromatic heterocycles. The lowest BCUT2D eigenvalue weighted by Gasteiger charge is -2.34. The van der Waals surface area contributed by atoms with Crippen LogP contribution in [-0.4, -0.2) is 31.7 Å². The third-order valence-electron chi connectivity index (χ3n) is 4.69. The molecule has 1 saturated heterocycles. The van der Waals surface area contributed by atoms with Crippen LogP contribution in [0.5, 0.6) is 0 Å². The molecule has 144 valence electrons. The zero-order valence-corrected chi connectivity index (χ0v) is 16.9. The first kappa shape index (κ1) is 19.9. The van der Waals surface area contributed by atoms with Crippen molar-refractivity contribution in [2.45, 2.75) is 25.2 Å². The summed E-state index contributed by atoms with van der Waals surface area (Å²) in [5.74, 6) is 0.228. The normalized spacial score (nSPS) is 21.0. The Bertz CT molecular complexity index is 936. The lowest BCUT2D eigenvalue weighted by Crippen LogP contribution is -2.42. The van der Waals surface area contributed by atoms with Crippen LogP contribution in [0.25, 0.3) is 0 Å². The van der Waals surface area contributed by atoms with Crippen LogP contribution in [0.1, 0.15) is 30.6 Å². The zero-order chi connectivity index (χ0) is 19.6. The molecule has 2 aromatic carbocycles. The number of rotatable bonds is 4. The number of nitrogens with one attached hydrogen (secondary N) is 1. The third kappa shape index (κ3) is 4.51. The van der Waals surface area contributed by atoms with Gasteiger partial charge in [-0.15, -0.1) is 0 Å². The van der Waals surface area contributed by atoms with Gasteiger partial charge in [0.1, 0.15) is 0 Å². The van der Waals surface area contributed by atoms with Gasteiger partial charge < -0.3 is 5.32 Å². The van der Waals surface area contributed by atoms with E-state index in [2.05, 4.69) is 19.2 Å². The van der Waals surface area contributed by atoms with E-state index in [0.717, 1.165) is 6.42 Å². The number of amides is 1. The van der Waals surface area contributed by atoms with Gasteiger partial charge in [-0.2, -0.15) is 4.31 Å². The maximum absolute atomic E-state index is 13.0. The molecule has 0 saturated carbocycles. The standard InChI is InChI=1S/C20H23ClN2O3S/c1-14-10-15(2)13-23(12-14)27(25,26)17-7-5-6-16(11-17)20(24)22-19-9-4-3-8-18(19)21/h3-9,11,14-15H,10,12-13H2,1-2H3,(H,22,24)/t14-,15-/m1/s1. The molecule has 2 aromatic rings. The molecule has 2 atom stereocenters. The number of anilines is 1. The van der Waals surface area contributed by atoms with E-state index in [-0.39, 0.29) is 10.5 Å². The van der Waals surface area contributed by atoms with E-state index in [0.29, 0.717) is 35.6 Å². The van der Waals surface area contributed by atoms with Gasteiger partial charge in [0.2, 0.25) is 10.0 Å². The summed E-state index contributed by atoms with van der Waals surface area (Å²) in [6.45, 7) is 5.13. The monoisotopic (exact) mass is 406 g/mol. The average molecular weight is 407 g/mol. The molecule has 0 aliphatic carbocycles. The summed E-state index contributed by atoms with van der Waals surface area (Å²) >= 11 is 6.07. The van der Waals surface area contributed by atoms with Crippen LogP contribution in [0.15, 0.2) is 53.4 Å². The molecule has 5 nitrogen and oxygen atoms in total. The average Bonchev–Trinajstić information content (AvgIpc) is 2.63. The predicted molar refractivity (Wildman–Crippen MR) is 108 cm³/mol. The maximum atomic E-state index is 13.0. The maximum Gasteiger partial charge on any atom is 0.255 e. The molecule has 1 aliphatic rings. The highest BCUT2D eigenvalue weighted by molar-refractivity contribution is 7.89. The molecule has 1 aliphatic heterocycles. The summed E-state index contributed by atoms with van der Waals surface area (Å²) in [5, 5.41) is 3.14. The van der Waals surface area contributed by atoms with Gasteiger partial charge in [0.25, 0.3) is 5.91 Å². The van der Waals surface area contributed by atoms with Crippen molar-refractivity contribution in [1.29, 1.82) is 0 Å². The highest BCUT2D eigenvalue weighted by Gasteiger charge is 2.31. The number of hydrogen-bond donors (Lipinski definition) is 1. The van der Waals surface area contributed by atoms with Crippen LogP contribution in [0.3, 0.4) is 0 Å². The smallest absolute Gasteiger partial charge is 0.255 e. The summed E-state index contributed by atoms with van der Waals surface area (Å²) in [5.41, 5.74) is 0.755. The Morgan fingerprint density at radius 2 is 1.74 bits per heavy atom. The van der Waals surface area contributed by atoms with Crippen LogP contribution in [0, 0.1) is 11.8 Å². The van der Waals surface area contributed by atoms with Gasteiger partial charge in [0.15, 0.2) is 0 Å². The first-order valence-corrected chi connectivity index (χ1v) is 10.8. The Balaban J connectivity index is 1.84. The quantitative estimate of drug-likeness (QED) is 0.824. The Labute approximate surface area is 165 Å². The highest BCUT2D eigenvalue weighted by atomic mass is 35.5. The lowest BCUT2D eigenvalue weighted by atomic mass is 9.94. The molecule has 7 heteroatoms. The molecule has 0 bridgehead atoms. The second kappa shape index (κ2) is 8.00. The van der Waals surface area contributed by atoms with Gasteiger partial charge in [0, 0.05) is 18.7 Å². The van der Waals surface area contributed by atoms with E-state index < -0.39 is 15.9 Å². The summed E-state index contributed by atoms with van der Waals surface area (Å²) in [4.78, 5) is 12.7. The molecule has 0 unspecified atom stereocenters. The van der Waals surface area contributed by atoms with E-state index >= 15 is 0 Å². The van der Waals surface area contributed by atoms with Crippen LogP contribution in [0.2, 0.25) is 5.02 Å². The van der Waals surface area contributed by atoms with E-state index in [1.807, 2.05) is 0 Å². The minimum Gasteiger partial charge on any atom is -0.321 e. The fourth-order valence-electron chi connectivity index (χ4n) is 3.51. The van der Waals surface area contributed by atoms with Gasteiger partial charge >= 0.3 is 0 Å². The third-order valence-corrected chi connectivity index (χ3v) is 6.85. The molecular weight excluding hydrogens is 384 g/mol. The van der Waals surface area contributed by atoms with Crippen LogP contribution in [-0.2, 0) is 10.0 Å². The van der Waals surface area contributed by atoms with E-state index in [1.165, 1.54) is 16.4 Å². The summed E-state index contributed by atoms with van der Waals surface area (Å²) in [7, 11) is -3.64. The van der Waals surface area contributed by atoms with Crippen molar-refractivity contribution in [3.8, 4) is 0 Å². The Morgan fingerprint density at radius 3 is 2.41 bits per heavy atom. The van der Waals surface area contributed by atoms with Gasteiger partial charge in [-0.1, -0.05) is 43.6 Å². The second-order valence-electron chi connectivity index (χ2n) is 7.23. The summed E-state index contributed by atoms with van der Waals surface area (Å²) in [6, 6.07) is 13.0. The lowest BCUT2D eigenvalue weighted by molar-refractivity contribution is 0.102. The molecule has 1 N–H and O–H groups in total. The van der Waals surface area contributed by atoms with Crippen molar-refractivity contribution in [3.05, 3.63) is 59.1 Å². The van der Waals surface area contributed by atoms with Gasteiger partial charge in [0.05, 0.1) is 15.6 Å². The van der Waals surface area contributed by atoms with Crippen LogP contribution in [0.4, 0.5) is 5.69 Å². The Hall–Kier alpha value is -1.89. The molecule has 1 heterocycles. The molecule has 27 heavy (non-hydrogen) atoms. The van der Waals surface area contributed by atoms with Gasteiger partial charge in [-0.25, -0.2) is 8.42 Å². The van der Waals surface area contributed by atoms with E-state index in [4.69, 9.17) is 11.6 Å². The van der Waals surface area contributed by atoms with Crippen molar-refractivity contribution in [2.24, 2.45) is 11.8 Å². The SMILES string of the molecule is C[C@@H]1C[C@@H](C)CN(S(=O)(=O)c2cccc(C(=O)Nc3ccccc3Cl)c2)C1. The van der Waals surface area contributed by atoms with E-state index in [1.54, 1.807) is 36.4 Å². The molecular formula is C20H23ClN2O3S. The number of para-hydroxylation sites is 1. The van der Waals surface area contributed by atoms with E-state index in [9.17, 15) is 13.2 Å². The minimum absolute atomic E-state index is 0.135. The fourth-order valence-corrected chi connectivity index (χ4v) is 5.41. The molecule has 0 spiro atoms. The molecule has 3 rings (SSSR count). The Kier molecular flexibility index (Phi) is 5.89. The first-order valence-electron chi connectivity index (χ1n) is 8.93. The highest BCUT2D eigenvalue weighted by Crippen LogP contribution is 2.27. The number of halogens is 1. The van der Waals surface area contributed by atoms with Crippen molar-refractivity contribution in [1.82, 2.24) is 4.31 Å². The van der Waals surface area contributed by atoms with Crippen LogP contribution < -0.4 is 5.32 Å². The zero-order valence-electron chi connectivity index (χ0n) is 15.4. The molecule has 1 amide bonds. The Morgan fingerprint density at radius 1 is 1.07 bits per heavy atom. The van der Waals surface area contributed by atoms with Gasteiger partial charge in [-0.3, -0.25) is 4.79 Å². The van der Waals surface area contributed by atoms with Crippen molar-refractivity contribution in [2.75, 3.05) is 18.4 Å². The molecule has 0 radical (unpaired) electrons. The van der Waals surface area contributed by atoms with Crippen molar-refractivity contribution < 1.29 is 13.2 Å². The fraction of sp³-hybridized carbons (Fsp3) is 0.350. The number of carbonyl (C=O) groups excluding carboxylic acids is 1. The number of benzene rings is 2. The van der Waals surface area contributed by atoms with Gasteiger partial charge in [-0.05, 0) is 48.6 Å². The largest absolute Gasteiger partial charge is 0.321 e. The minimum atomic E-state index is -3.64. The predicted octanol–water partition coefficient (Wildman–Crippen LogP) is 4.26. The van der Waals surface area contributed by atoms with Crippen LogP contribution >= 0.6 is 11.6 Å². The number of sulfonamides is 1. The number of piperidine rings is 1. The number of carbonyl (C=O) groups is 1. The molecule has 1 fully saturated rings. The topological polar surface area (TPSA) is 66.5 Å². The van der Waals surface area contributed by atoms with Crippen molar-refractivity contribution >= 4 is 33.2 Å².